The van der Waals surface area contributed by atoms with Crippen molar-refractivity contribution in [2.45, 2.75) is 6.42 Å². The zero-order valence-corrected chi connectivity index (χ0v) is 15.3. The highest BCUT2D eigenvalue weighted by molar-refractivity contribution is 14.0. The minimum Gasteiger partial charge on any atom is -0.495 e. The molecule has 0 saturated carbocycles. The van der Waals surface area contributed by atoms with Gasteiger partial charge in [0.15, 0.2) is 5.96 Å². The third kappa shape index (κ3) is 6.85. The summed E-state index contributed by atoms with van der Waals surface area (Å²) >= 11 is 5.90. The van der Waals surface area contributed by atoms with Gasteiger partial charge in [0, 0.05) is 32.1 Å². The molecule has 0 fully saturated rings. The van der Waals surface area contributed by atoms with E-state index in [1.54, 1.807) is 32.3 Å². The number of benzene rings is 1. The number of methoxy groups -OCH3 is 1. The third-order valence-corrected chi connectivity index (χ3v) is 2.78. The van der Waals surface area contributed by atoms with E-state index in [-0.39, 0.29) is 29.9 Å². The molecule has 1 aromatic carbocycles. The summed E-state index contributed by atoms with van der Waals surface area (Å²) in [6.45, 7) is 0.474. The fourth-order valence-corrected chi connectivity index (χ4v) is 1.74. The Bertz CT molecular complexity index is 497. The van der Waals surface area contributed by atoms with E-state index in [4.69, 9.17) is 16.3 Å². The smallest absolute Gasteiger partial charge is 0.226 e. The Hall–Kier alpha value is -1.22. The van der Waals surface area contributed by atoms with Gasteiger partial charge in [0.05, 0.1) is 12.8 Å². The molecule has 21 heavy (non-hydrogen) atoms. The first kappa shape index (κ1) is 19.8. The fourth-order valence-electron chi connectivity index (χ4n) is 1.56. The summed E-state index contributed by atoms with van der Waals surface area (Å²) in [6.07, 6.45) is 0.302. The minimum absolute atomic E-state index is 0. The Labute approximate surface area is 146 Å². The van der Waals surface area contributed by atoms with Crippen LogP contribution >= 0.6 is 35.6 Å². The van der Waals surface area contributed by atoms with Crippen molar-refractivity contribution in [1.82, 2.24) is 10.6 Å². The van der Waals surface area contributed by atoms with Crippen LogP contribution in [0.25, 0.3) is 0 Å². The lowest BCUT2D eigenvalue weighted by Gasteiger charge is -2.11. The summed E-state index contributed by atoms with van der Waals surface area (Å²) in [5.41, 5.74) is 0.558. The number of hydrogen-bond donors (Lipinski definition) is 3. The maximum absolute atomic E-state index is 11.8. The van der Waals surface area contributed by atoms with E-state index in [0.717, 1.165) is 0 Å². The number of nitrogens with one attached hydrogen (secondary N) is 3. The van der Waals surface area contributed by atoms with Crippen molar-refractivity contribution in [3.8, 4) is 5.75 Å². The second-order valence-corrected chi connectivity index (χ2v) is 4.33. The van der Waals surface area contributed by atoms with Gasteiger partial charge in [-0.25, -0.2) is 0 Å². The van der Waals surface area contributed by atoms with Crippen LogP contribution in [0.2, 0.25) is 5.02 Å². The molecule has 0 aromatic heterocycles. The molecule has 0 aliphatic rings. The number of nitrogens with zero attached hydrogens (tertiary/aromatic N) is 1. The van der Waals surface area contributed by atoms with E-state index in [1.165, 1.54) is 7.11 Å². The maximum atomic E-state index is 11.8. The van der Waals surface area contributed by atoms with Crippen molar-refractivity contribution in [2.75, 3.05) is 33.1 Å². The maximum Gasteiger partial charge on any atom is 0.226 e. The predicted octanol–water partition coefficient (Wildman–Crippen LogP) is 2.09. The largest absolute Gasteiger partial charge is 0.495 e. The van der Waals surface area contributed by atoms with Crippen molar-refractivity contribution >= 4 is 53.1 Å². The van der Waals surface area contributed by atoms with Gasteiger partial charge in [-0.1, -0.05) is 11.6 Å². The highest BCUT2D eigenvalue weighted by Gasteiger charge is 2.08. The van der Waals surface area contributed by atoms with Crippen LogP contribution in [-0.2, 0) is 4.79 Å². The molecule has 3 N–H and O–H groups in total. The molecule has 0 aliphatic carbocycles. The molecule has 1 rings (SSSR count). The lowest BCUT2D eigenvalue weighted by atomic mass is 10.2. The Morgan fingerprint density at radius 1 is 1.43 bits per heavy atom. The molecule has 0 radical (unpaired) electrons. The van der Waals surface area contributed by atoms with Gasteiger partial charge in [0.2, 0.25) is 5.91 Å². The number of hydrogen-bond acceptors (Lipinski definition) is 3. The van der Waals surface area contributed by atoms with E-state index < -0.39 is 0 Å². The molecule has 1 amide bonds. The van der Waals surface area contributed by atoms with Crippen molar-refractivity contribution in [3.05, 3.63) is 23.2 Å². The molecule has 0 atom stereocenters. The van der Waals surface area contributed by atoms with Crippen LogP contribution in [0.5, 0.6) is 5.75 Å². The fraction of sp³-hybridized carbons (Fsp3) is 0.385. The van der Waals surface area contributed by atoms with Crippen LogP contribution in [0.4, 0.5) is 5.69 Å². The van der Waals surface area contributed by atoms with Gasteiger partial charge in [0.1, 0.15) is 5.75 Å². The highest BCUT2D eigenvalue weighted by atomic mass is 127. The van der Waals surface area contributed by atoms with E-state index in [0.29, 0.717) is 35.4 Å². The second kappa shape index (κ2) is 10.5. The first-order chi connectivity index (χ1) is 9.60. The molecule has 6 nitrogen and oxygen atoms in total. The van der Waals surface area contributed by atoms with Gasteiger partial charge < -0.3 is 20.7 Å². The van der Waals surface area contributed by atoms with Gasteiger partial charge in [-0.2, -0.15) is 0 Å². The molecule has 8 heteroatoms. The molecular weight excluding hydrogens is 407 g/mol. The molecule has 0 aliphatic heterocycles. The van der Waals surface area contributed by atoms with Gasteiger partial charge in [-0.05, 0) is 18.2 Å². The zero-order chi connectivity index (χ0) is 15.0. The number of rotatable bonds is 5. The molecule has 0 spiro atoms. The zero-order valence-electron chi connectivity index (χ0n) is 12.2. The Kier molecular flexibility index (Phi) is 9.89. The summed E-state index contributed by atoms with van der Waals surface area (Å²) in [4.78, 5) is 15.8. The van der Waals surface area contributed by atoms with Crippen molar-refractivity contribution < 1.29 is 9.53 Å². The van der Waals surface area contributed by atoms with Crippen LogP contribution < -0.4 is 20.7 Å². The monoisotopic (exact) mass is 426 g/mol. The first-order valence-corrected chi connectivity index (χ1v) is 6.50. The molecule has 0 bridgehead atoms. The third-order valence-electron chi connectivity index (χ3n) is 2.54. The topological polar surface area (TPSA) is 74.8 Å². The first-order valence-electron chi connectivity index (χ1n) is 6.12. The highest BCUT2D eigenvalue weighted by Crippen LogP contribution is 2.27. The molecule has 0 unspecified atom stereocenters. The Morgan fingerprint density at radius 2 is 2.14 bits per heavy atom. The summed E-state index contributed by atoms with van der Waals surface area (Å²) in [6, 6.07) is 5.06. The number of aliphatic imine (C=N–C) groups is 1. The number of anilines is 1. The van der Waals surface area contributed by atoms with Gasteiger partial charge in [0.25, 0.3) is 0 Å². The molecule has 0 heterocycles. The quantitative estimate of drug-likeness (QED) is 0.383. The average molecular weight is 427 g/mol. The summed E-state index contributed by atoms with van der Waals surface area (Å²) < 4.78 is 5.16. The number of halogens is 2. The van der Waals surface area contributed by atoms with E-state index in [1.807, 2.05) is 0 Å². The number of ether oxygens (including phenoxy) is 1. The van der Waals surface area contributed by atoms with Crippen molar-refractivity contribution in [3.63, 3.8) is 0 Å². The number of guanidine groups is 1. The number of amides is 1. The Balaban J connectivity index is 0.00000400. The van der Waals surface area contributed by atoms with Crippen LogP contribution in [0, 0.1) is 0 Å². The number of carbonyl (C=O) groups is 1. The summed E-state index contributed by atoms with van der Waals surface area (Å²) in [5.74, 6) is 1.07. The number of carbonyl (C=O) groups excluding carboxylic acids is 1. The van der Waals surface area contributed by atoms with Crippen LogP contribution in [0.15, 0.2) is 23.2 Å². The summed E-state index contributed by atoms with van der Waals surface area (Å²) in [5, 5.41) is 9.17. The van der Waals surface area contributed by atoms with Crippen molar-refractivity contribution in [2.24, 2.45) is 4.99 Å². The Morgan fingerprint density at radius 3 is 2.71 bits per heavy atom. The van der Waals surface area contributed by atoms with E-state index in [9.17, 15) is 4.79 Å². The lowest BCUT2D eigenvalue weighted by molar-refractivity contribution is -0.116. The standard InChI is InChI=1S/C13H19ClN4O2.HI/c1-15-13(16-2)17-7-6-12(19)18-10-8-9(14)4-5-11(10)20-3;/h4-5,8H,6-7H2,1-3H3,(H,18,19)(H2,15,16,17);1H. The van der Waals surface area contributed by atoms with Gasteiger partial charge >= 0.3 is 0 Å². The van der Waals surface area contributed by atoms with E-state index >= 15 is 0 Å². The van der Waals surface area contributed by atoms with Crippen LogP contribution in [0.1, 0.15) is 6.42 Å². The SMILES string of the molecule is CN=C(NC)NCCC(=O)Nc1cc(Cl)ccc1OC.I. The average Bonchev–Trinajstić information content (AvgIpc) is 2.44. The molecular formula is C13H20ClIN4O2. The van der Waals surface area contributed by atoms with Gasteiger partial charge in [-0.3, -0.25) is 9.79 Å². The summed E-state index contributed by atoms with van der Waals surface area (Å²) in [7, 11) is 4.96. The predicted molar refractivity (Wildman–Crippen MR) is 97.1 cm³/mol. The minimum atomic E-state index is -0.135. The van der Waals surface area contributed by atoms with Crippen LogP contribution in [-0.4, -0.2) is 39.6 Å². The molecule has 118 valence electrons. The van der Waals surface area contributed by atoms with Crippen LogP contribution in [0.3, 0.4) is 0 Å². The lowest BCUT2D eigenvalue weighted by Crippen LogP contribution is -2.36. The molecule has 1 aromatic rings. The second-order valence-electron chi connectivity index (χ2n) is 3.89. The van der Waals surface area contributed by atoms with Gasteiger partial charge in [-0.15, -0.1) is 24.0 Å². The van der Waals surface area contributed by atoms with Crippen molar-refractivity contribution in [1.29, 1.82) is 0 Å². The molecule has 0 saturated heterocycles. The van der Waals surface area contributed by atoms with E-state index in [2.05, 4.69) is 20.9 Å². The normalized spacial score (nSPS) is 10.4.